The maximum absolute atomic E-state index is 10.9. The van der Waals surface area contributed by atoms with Crippen molar-refractivity contribution < 1.29 is 4.79 Å². The van der Waals surface area contributed by atoms with E-state index in [0.717, 1.165) is 45.6 Å². The molecule has 0 aliphatic heterocycles. The first kappa shape index (κ1) is 18.6. The Bertz CT molecular complexity index is 893. The van der Waals surface area contributed by atoms with E-state index >= 15 is 0 Å². The molecule has 136 valence electrons. The molecule has 3 aromatic rings. The number of hydrogen-bond donors (Lipinski definition) is 2. The number of carbonyl (C=O) groups is 1. The second kappa shape index (κ2) is 7.61. The molecule has 0 aromatic carbocycles. The summed E-state index contributed by atoms with van der Waals surface area (Å²) in [6.07, 6.45) is 2.63. The van der Waals surface area contributed by atoms with Crippen LogP contribution in [0.25, 0.3) is 10.6 Å². The Kier molecular flexibility index (Phi) is 5.45. The third-order valence-electron chi connectivity index (χ3n) is 3.53. The van der Waals surface area contributed by atoms with Crippen molar-refractivity contribution in [2.75, 3.05) is 5.32 Å². The lowest BCUT2D eigenvalue weighted by molar-refractivity contribution is 0.112. The molecule has 0 fully saturated rings. The van der Waals surface area contributed by atoms with Gasteiger partial charge < -0.3 is 10.6 Å². The second-order valence-electron chi connectivity index (χ2n) is 6.90. The molecule has 0 aliphatic carbocycles. The van der Waals surface area contributed by atoms with Crippen molar-refractivity contribution in [2.45, 2.75) is 39.8 Å². The van der Waals surface area contributed by atoms with E-state index in [-0.39, 0.29) is 5.54 Å². The molecule has 8 heteroatoms. The van der Waals surface area contributed by atoms with Crippen LogP contribution >= 0.6 is 22.7 Å². The zero-order valence-corrected chi connectivity index (χ0v) is 16.8. The van der Waals surface area contributed by atoms with Crippen LogP contribution in [0.15, 0.2) is 23.7 Å². The van der Waals surface area contributed by atoms with Gasteiger partial charge in [-0.15, -0.1) is 22.7 Å². The number of anilines is 2. The summed E-state index contributed by atoms with van der Waals surface area (Å²) in [6.45, 7) is 9.08. The highest BCUT2D eigenvalue weighted by atomic mass is 32.1. The van der Waals surface area contributed by atoms with Gasteiger partial charge in [-0.2, -0.15) is 0 Å². The molecular formula is C18H21N5OS2. The minimum atomic E-state index is 0.0761. The van der Waals surface area contributed by atoms with Crippen molar-refractivity contribution in [3.8, 4) is 10.6 Å². The summed E-state index contributed by atoms with van der Waals surface area (Å²) in [5, 5.41) is 9.85. The number of rotatable bonds is 6. The van der Waals surface area contributed by atoms with E-state index in [1.165, 1.54) is 22.7 Å². The molecule has 6 nitrogen and oxygen atoms in total. The number of aldehydes is 1. The van der Waals surface area contributed by atoms with Crippen LogP contribution in [0.2, 0.25) is 0 Å². The van der Waals surface area contributed by atoms with Crippen molar-refractivity contribution in [1.82, 2.24) is 20.3 Å². The fraction of sp³-hybridized carbons (Fsp3) is 0.333. The molecule has 0 aliphatic rings. The molecule has 0 amide bonds. The van der Waals surface area contributed by atoms with Gasteiger partial charge in [0.1, 0.15) is 5.82 Å². The van der Waals surface area contributed by atoms with Gasteiger partial charge in [0, 0.05) is 23.7 Å². The van der Waals surface area contributed by atoms with Crippen molar-refractivity contribution in [2.24, 2.45) is 0 Å². The Labute approximate surface area is 160 Å². The van der Waals surface area contributed by atoms with E-state index < -0.39 is 0 Å². The van der Waals surface area contributed by atoms with Gasteiger partial charge in [0.25, 0.3) is 0 Å². The number of thiazole rings is 2. The highest BCUT2D eigenvalue weighted by Gasteiger charge is 2.13. The molecule has 2 N–H and O–H groups in total. The lowest BCUT2D eigenvalue weighted by Gasteiger charge is -2.20. The van der Waals surface area contributed by atoms with Crippen LogP contribution in [0, 0.1) is 6.92 Å². The molecule has 0 unspecified atom stereocenters. The Hall–Kier alpha value is -2.16. The quantitative estimate of drug-likeness (QED) is 0.610. The summed E-state index contributed by atoms with van der Waals surface area (Å²) in [5.41, 5.74) is 2.86. The molecule has 3 heterocycles. The molecule has 3 rings (SSSR count). The molecule has 0 radical (unpaired) electrons. The largest absolute Gasteiger partial charge is 0.316 e. The summed E-state index contributed by atoms with van der Waals surface area (Å²) in [4.78, 5) is 25.1. The van der Waals surface area contributed by atoms with Gasteiger partial charge in [0.2, 0.25) is 0 Å². The Balaban J connectivity index is 1.67. The lowest BCUT2D eigenvalue weighted by atomic mass is 10.1. The van der Waals surface area contributed by atoms with Crippen LogP contribution in [-0.2, 0) is 6.54 Å². The van der Waals surface area contributed by atoms with E-state index in [1.807, 2.05) is 30.6 Å². The Morgan fingerprint density at radius 3 is 2.65 bits per heavy atom. The van der Waals surface area contributed by atoms with Gasteiger partial charge in [-0.05, 0) is 39.3 Å². The van der Waals surface area contributed by atoms with Crippen LogP contribution in [0.5, 0.6) is 0 Å². The normalized spacial score (nSPS) is 11.5. The SMILES string of the molecule is Cc1nc(C=O)sc1-c1csc(Nc2ccc(CNC(C)(C)C)cn2)n1. The summed E-state index contributed by atoms with van der Waals surface area (Å²) < 4.78 is 0. The molecule has 0 saturated heterocycles. The van der Waals surface area contributed by atoms with E-state index in [1.54, 1.807) is 0 Å². The van der Waals surface area contributed by atoms with Gasteiger partial charge in [-0.25, -0.2) is 15.0 Å². The van der Waals surface area contributed by atoms with Crippen LogP contribution in [0.1, 0.15) is 41.8 Å². The van der Waals surface area contributed by atoms with Gasteiger partial charge in [0.15, 0.2) is 16.4 Å². The average Bonchev–Trinajstić information content (AvgIpc) is 3.19. The summed E-state index contributed by atoms with van der Waals surface area (Å²) in [6, 6.07) is 4.00. The topological polar surface area (TPSA) is 79.8 Å². The first-order valence-electron chi connectivity index (χ1n) is 8.19. The molecule has 0 bridgehead atoms. The predicted molar refractivity (Wildman–Crippen MR) is 107 cm³/mol. The fourth-order valence-electron chi connectivity index (χ4n) is 2.22. The number of hydrogen-bond acceptors (Lipinski definition) is 8. The standard InChI is InChI=1S/C18H21N5OS2/c1-11-16(26-15(9-24)21-11)13-10-25-17(22-13)23-14-6-5-12(7-19-14)8-20-18(2,3)4/h5-7,9-10,20H,8H2,1-4H3,(H,19,22,23). The van der Waals surface area contributed by atoms with Gasteiger partial charge in [-0.1, -0.05) is 6.07 Å². The first-order valence-corrected chi connectivity index (χ1v) is 9.89. The predicted octanol–water partition coefficient (Wildman–Crippen LogP) is 4.41. The van der Waals surface area contributed by atoms with E-state index in [0.29, 0.717) is 5.01 Å². The van der Waals surface area contributed by atoms with Crippen molar-refractivity contribution >= 4 is 39.9 Å². The highest BCUT2D eigenvalue weighted by Crippen LogP contribution is 2.32. The monoisotopic (exact) mass is 387 g/mol. The van der Waals surface area contributed by atoms with Crippen molar-refractivity contribution in [3.63, 3.8) is 0 Å². The molecule has 3 aromatic heterocycles. The zero-order chi connectivity index (χ0) is 18.7. The number of carbonyl (C=O) groups excluding carboxylic acids is 1. The van der Waals surface area contributed by atoms with Crippen molar-refractivity contribution in [1.29, 1.82) is 0 Å². The minimum Gasteiger partial charge on any atom is -0.316 e. The smallest absolute Gasteiger partial charge is 0.188 e. The average molecular weight is 388 g/mol. The minimum absolute atomic E-state index is 0.0761. The van der Waals surface area contributed by atoms with Gasteiger partial charge >= 0.3 is 0 Å². The van der Waals surface area contributed by atoms with Crippen LogP contribution in [0.4, 0.5) is 10.9 Å². The summed E-state index contributed by atoms with van der Waals surface area (Å²) in [7, 11) is 0. The van der Waals surface area contributed by atoms with E-state index in [4.69, 9.17) is 0 Å². The van der Waals surface area contributed by atoms with Crippen LogP contribution in [-0.4, -0.2) is 26.8 Å². The van der Waals surface area contributed by atoms with E-state index in [2.05, 4.69) is 46.4 Å². The lowest BCUT2D eigenvalue weighted by Crippen LogP contribution is -2.35. The molecule has 0 atom stereocenters. The number of nitrogens with zero attached hydrogens (tertiary/aromatic N) is 3. The fourth-order valence-corrected chi connectivity index (χ4v) is 3.85. The zero-order valence-electron chi connectivity index (χ0n) is 15.2. The maximum Gasteiger partial charge on any atom is 0.188 e. The molecule has 26 heavy (non-hydrogen) atoms. The van der Waals surface area contributed by atoms with Crippen molar-refractivity contribution in [3.05, 3.63) is 40.0 Å². The second-order valence-corrected chi connectivity index (χ2v) is 8.79. The number of pyridine rings is 1. The third kappa shape index (κ3) is 4.72. The van der Waals surface area contributed by atoms with Gasteiger partial charge in [0.05, 0.1) is 16.3 Å². The summed E-state index contributed by atoms with van der Waals surface area (Å²) >= 11 is 2.85. The number of nitrogens with one attached hydrogen (secondary N) is 2. The maximum atomic E-state index is 10.9. The van der Waals surface area contributed by atoms with Crippen LogP contribution in [0.3, 0.4) is 0 Å². The van der Waals surface area contributed by atoms with Crippen LogP contribution < -0.4 is 10.6 Å². The molecular weight excluding hydrogens is 366 g/mol. The van der Waals surface area contributed by atoms with Gasteiger partial charge in [-0.3, -0.25) is 4.79 Å². The Morgan fingerprint density at radius 1 is 1.23 bits per heavy atom. The third-order valence-corrected chi connectivity index (χ3v) is 5.40. The molecule has 0 spiro atoms. The molecule has 0 saturated carbocycles. The highest BCUT2D eigenvalue weighted by molar-refractivity contribution is 7.17. The Morgan fingerprint density at radius 2 is 2.04 bits per heavy atom. The first-order chi connectivity index (χ1) is 12.3. The number of aryl methyl sites for hydroxylation is 1. The summed E-state index contributed by atoms with van der Waals surface area (Å²) in [5.74, 6) is 0.750. The number of aromatic nitrogens is 3. The van der Waals surface area contributed by atoms with E-state index in [9.17, 15) is 4.79 Å².